The molecule has 1 N–H and O–H groups in total. The molecule has 2 aromatic heterocycles. The highest BCUT2D eigenvalue weighted by molar-refractivity contribution is 7.99. The molecule has 168 valence electrons. The van der Waals surface area contributed by atoms with Crippen LogP contribution < -0.4 is 5.32 Å². The monoisotopic (exact) mass is 469 g/mol. The molecule has 0 unspecified atom stereocenters. The van der Waals surface area contributed by atoms with Crippen LogP contribution in [-0.4, -0.2) is 31.4 Å². The van der Waals surface area contributed by atoms with Gasteiger partial charge in [0.2, 0.25) is 5.91 Å². The number of halogens is 3. The van der Waals surface area contributed by atoms with Gasteiger partial charge in [0.25, 0.3) is 0 Å². The van der Waals surface area contributed by atoms with Crippen LogP contribution in [0.3, 0.4) is 0 Å². The van der Waals surface area contributed by atoms with Crippen molar-refractivity contribution in [2.45, 2.75) is 17.9 Å². The smallest absolute Gasteiger partial charge is 0.325 e. The first kappa shape index (κ1) is 22.5. The SMILES string of the molecule is O=C(CSc1nnc(-c2cncc(C(F)(F)F)c2)n1Cc1ccccc1)Nc1ccccc1. The van der Waals surface area contributed by atoms with Crippen LogP contribution in [0.15, 0.2) is 84.3 Å². The second kappa shape index (κ2) is 9.86. The van der Waals surface area contributed by atoms with E-state index in [9.17, 15) is 18.0 Å². The third kappa shape index (κ3) is 5.78. The average molecular weight is 469 g/mol. The Balaban J connectivity index is 1.61. The first-order chi connectivity index (χ1) is 15.9. The van der Waals surface area contributed by atoms with Gasteiger partial charge >= 0.3 is 6.18 Å². The lowest BCUT2D eigenvalue weighted by Crippen LogP contribution is -2.14. The van der Waals surface area contributed by atoms with E-state index in [1.54, 1.807) is 16.7 Å². The third-order valence-corrected chi connectivity index (χ3v) is 5.58. The second-order valence-corrected chi connectivity index (χ2v) is 7.98. The van der Waals surface area contributed by atoms with Crippen molar-refractivity contribution < 1.29 is 18.0 Å². The summed E-state index contributed by atoms with van der Waals surface area (Å²) in [4.78, 5) is 16.1. The number of rotatable bonds is 7. The molecular weight excluding hydrogens is 451 g/mol. The Kier molecular flexibility index (Phi) is 6.74. The Hall–Kier alpha value is -3.66. The molecule has 0 aliphatic carbocycles. The summed E-state index contributed by atoms with van der Waals surface area (Å²) in [5.41, 5.74) is 0.901. The topological polar surface area (TPSA) is 72.7 Å². The van der Waals surface area contributed by atoms with Crippen LogP contribution >= 0.6 is 11.8 Å². The fraction of sp³-hybridized carbons (Fsp3) is 0.130. The molecule has 0 aliphatic heterocycles. The summed E-state index contributed by atoms with van der Waals surface area (Å²) < 4.78 is 41.3. The first-order valence-electron chi connectivity index (χ1n) is 9.87. The molecule has 0 bridgehead atoms. The molecule has 0 radical (unpaired) electrons. The molecule has 0 fully saturated rings. The Labute approximate surface area is 191 Å². The van der Waals surface area contributed by atoms with Crippen molar-refractivity contribution in [1.29, 1.82) is 0 Å². The summed E-state index contributed by atoms with van der Waals surface area (Å²) in [6.07, 6.45) is -2.44. The third-order valence-electron chi connectivity index (χ3n) is 4.61. The van der Waals surface area contributed by atoms with Crippen LogP contribution in [0.4, 0.5) is 18.9 Å². The number of anilines is 1. The van der Waals surface area contributed by atoms with Crippen LogP contribution in [-0.2, 0) is 17.5 Å². The molecule has 0 atom stereocenters. The number of carbonyl (C=O) groups is 1. The zero-order valence-electron chi connectivity index (χ0n) is 17.2. The van der Waals surface area contributed by atoms with E-state index in [0.717, 1.165) is 29.6 Å². The van der Waals surface area contributed by atoms with E-state index >= 15 is 0 Å². The minimum absolute atomic E-state index is 0.0582. The van der Waals surface area contributed by atoms with Crippen LogP contribution in [0.2, 0.25) is 0 Å². The first-order valence-corrected chi connectivity index (χ1v) is 10.9. The molecule has 0 aliphatic rings. The highest BCUT2D eigenvalue weighted by Gasteiger charge is 2.31. The Morgan fingerprint density at radius 2 is 1.67 bits per heavy atom. The number of nitrogens with one attached hydrogen (secondary N) is 1. The summed E-state index contributed by atoms with van der Waals surface area (Å²) in [5, 5.41) is 11.5. The Morgan fingerprint density at radius 1 is 0.970 bits per heavy atom. The van der Waals surface area contributed by atoms with E-state index in [1.165, 1.54) is 6.20 Å². The van der Waals surface area contributed by atoms with Crippen molar-refractivity contribution in [3.8, 4) is 11.4 Å². The maximum absolute atomic E-state index is 13.2. The minimum atomic E-state index is -4.53. The number of amides is 1. The van der Waals surface area contributed by atoms with Crippen molar-refractivity contribution in [2.24, 2.45) is 0 Å². The standard InChI is InChI=1S/C23H18F3N5OS/c24-23(25,26)18-11-17(12-27-13-18)21-29-30-22(31(21)14-16-7-3-1-4-8-16)33-15-20(32)28-19-9-5-2-6-10-19/h1-13H,14-15H2,(H,28,32). The second-order valence-electron chi connectivity index (χ2n) is 7.04. The number of para-hydroxylation sites is 1. The molecule has 6 nitrogen and oxygen atoms in total. The van der Waals surface area contributed by atoms with Crippen molar-refractivity contribution in [1.82, 2.24) is 19.7 Å². The van der Waals surface area contributed by atoms with Gasteiger partial charge in [0.1, 0.15) is 0 Å². The van der Waals surface area contributed by atoms with E-state index in [1.807, 2.05) is 48.5 Å². The maximum Gasteiger partial charge on any atom is 0.417 e. The number of hydrogen-bond acceptors (Lipinski definition) is 5. The molecule has 0 spiro atoms. The Morgan fingerprint density at radius 3 is 2.36 bits per heavy atom. The lowest BCUT2D eigenvalue weighted by molar-refractivity contribution is -0.137. The fourth-order valence-electron chi connectivity index (χ4n) is 3.08. The minimum Gasteiger partial charge on any atom is -0.325 e. The van der Waals surface area contributed by atoms with E-state index in [2.05, 4.69) is 20.5 Å². The summed E-state index contributed by atoms with van der Waals surface area (Å²) in [5.74, 6) is 0.0639. The van der Waals surface area contributed by atoms with Crippen LogP contribution in [0.1, 0.15) is 11.1 Å². The number of alkyl halides is 3. The van der Waals surface area contributed by atoms with Crippen LogP contribution in [0, 0.1) is 0 Å². The highest BCUT2D eigenvalue weighted by Crippen LogP contribution is 2.32. The Bertz CT molecular complexity index is 1230. The number of hydrogen-bond donors (Lipinski definition) is 1. The van der Waals surface area contributed by atoms with Gasteiger partial charge in [0.05, 0.1) is 17.9 Å². The molecule has 2 heterocycles. The molecule has 2 aromatic carbocycles. The van der Waals surface area contributed by atoms with Gasteiger partial charge in [-0.2, -0.15) is 13.2 Å². The molecule has 0 saturated carbocycles. The summed E-state index contributed by atoms with van der Waals surface area (Å²) in [6, 6.07) is 19.4. The molecule has 33 heavy (non-hydrogen) atoms. The zero-order chi connectivity index (χ0) is 23.3. The lowest BCUT2D eigenvalue weighted by atomic mass is 10.2. The summed E-state index contributed by atoms with van der Waals surface area (Å²) in [7, 11) is 0. The van der Waals surface area contributed by atoms with E-state index < -0.39 is 11.7 Å². The quantitative estimate of drug-likeness (QED) is 0.380. The molecule has 4 rings (SSSR count). The fourth-order valence-corrected chi connectivity index (χ4v) is 3.82. The number of aromatic nitrogens is 4. The van der Waals surface area contributed by atoms with Gasteiger partial charge in [-0.15, -0.1) is 10.2 Å². The summed E-state index contributed by atoms with van der Waals surface area (Å²) in [6.45, 7) is 0.321. The number of nitrogens with zero attached hydrogens (tertiary/aromatic N) is 4. The van der Waals surface area contributed by atoms with Crippen molar-refractivity contribution in [3.05, 3.63) is 90.3 Å². The lowest BCUT2D eigenvalue weighted by Gasteiger charge is -2.12. The van der Waals surface area contributed by atoms with Gasteiger partial charge in [-0.3, -0.25) is 14.3 Å². The predicted molar refractivity (Wildman–Crippen MR) is 120 cm³/mol. The largest absolute Gasteiger partial charge is 0.417 e. The molecule has 10 heteroatoms. The zero-order valence-corrected chi connectivity index (χ0v) is 18.0. The van der Waals surface area contributed by atoms with E-state index in [4.69, 9.17) is 0 Å². The number of thioether (sulfide) groups is 1. The van der Waals surface area contributed by atoms with Gasteiger partial charge in [-0.25, -0.2) is 0 Å². The molecule has 0 saturated heterocycles. The highest BCUT2D eigenvalue weighted by atomic mass is 32.2. The summed E-state index contributed by atoms with van der Waals surface area (Å²) >= 11 is 1.15. The normalized spacial score (nSPS) is 11.4. The van der Waals surface area contributed by atoms with Crippen molar-refractivity contribution in [2.75, 3.05) is 11.1 Å². The number of pyridine rings is 1. The van der Waals surface area contributed by atoms with E-state index in [-0.39, 0.29) is 23.0 Å². The predicted octanol–water partition coefficient (Wildman–Crippen LogP) is 5.14. The van der Waals surface area contributed by atoms with E-state index in [0.29, 0.717) is 17.4 Å². The van der Waals surface area contributed by atoms with Gasteiger partial charge < -0.3 is 5.32 Å². The van der Waals surface area contributed by atoms with Gasteiger partial charge in [0, 0.05) is 23.6 Å². The van der Waals surface area contributed by atoms with Crippen LogP contribution in [0.5, 0.6) is 0 Å². The van der Waals surface area contributed by atoms with Gasteiger partial charge in [-0.05, 0) is 23.8 Å². The van der Waals surface area contributed by atoms with Gasteiger partial charge in [0.15, 0.2) is 11.0 Å². The van der Waals surface area contributed by atoms with Crippen molar-refractivity contribution in [3.63, 3.8) is 0 Å². The van der Waals surface area contributed by atoms with Gasteiger partial charge in [-0.1, -0.05) is 60.3 Å². The maximum atomic E-state index is 13.2. The number of benzene rings is 2. The van der Waals surface area contributed by atoms with Crippen LogP contribution in [0.25, 0.3) is 11.4 Å². The molecular formula is C23H18F3N5OS. The number of carbonyl (C=O) groups excluding carboxylic acids is 1. The van der Waals surface area contributed by atoms with Crippen molar-refractivity contribution >= 4 is 23.4 Å². The average Bonchev–Trinajstić information content (AvgIpc) is 3.21. The molecule has 1 amide bonds. The molecule has 4 aromatic rings.